The number of carboxylic acid groups (broad SMARTS) is 1. The lowest BCUT2D eigenvalue weighted by Gasteiger charge is -2.09. The van der Waals surface area contributed by atoms with Crippen molar-refractivity contribution in [1.29, 1.82) is 0 Å². The van der Waals surface area contributed by atoms with E-state index in [9.17, 15) is 4.79 Å². The van der Waals surface area contributed by atoms with E-state index in [4.69, 9.17) is 37.5 Å². The summed E-state index contributed by atoms with van der Waals surface area (Å²) in [4.78, 5) is 11.0. The monoisotopic (exact) mass is 373 g/mol. The zero-order valence-electron chi connectivity index (χ0n) is 11.8. The van der Waals surface area contributed by atoms with Crippen LogP contribution in [0, 0.1) is 0 Å². The molecule has 0 saturated carbocycles. The average Bonchev–Trinajstić information content (AvgIpc) is 3.15. The van der Waals surface area contributed by atoms with E-state index < -0.39 is 12.0 Å². The SMILES string of the molecule is O=C(O)C1CSC(c2ccc(COc3c(Cl)cccc3Cl)o2)N1. The van der Waals surface area contributed by atoms with Crippen LogP contribution in [-0.4, -0.2) is 22.9 Å². The number of furan rings is 1. The summed E-state index contributed by atoms with van der Waals surface area (Å²) < 4.78 is 11.3. The van der Waals surface area contributed by atoms with Crippen LogP contribution in [0.3, 0.4) is 0 Å². The second-order valence-electron chi connectivity index (χ2n) is 4.91. The summed E-state index contributed by atoms with van der Waals surface area (Å²) in [5.41, 5.74) is 0. The van der Waals surface area contributed by atoms with Gasteiger partial charge in [-0.2, -0.15) is 0 Å². The lowest BCUT2D eigenvalue weighted by molar-refractivity contribution is -0.138. The number of benzene rings is 1. The summed E-state index contributed by atoms with van der Waals surface area (Å²) in [5, 5.41) is 12.7. The third-order valence-electron chi connectivity index (χ3n) is 3.30. The Morgan fingerprint density at radius 2 is 2.09 bits per heavy atom. The van der Waals surface area contributed by atoms with Gasteiger partial charge in [0, 0.05) is 5.75 Å². The van der Waals surface area contributed by atoms with Gasteiger partial charge in [0.1, 0.15) is 29.5 Å². The fourth-order valence-electron chi connectivity index (χ4n) is 2.15. The van der Waals surface area contributed by atoms with E-state index in [0.29, 0.717) is 33.1 Å². The van der Waals surface area contributed by atoms with E-state index >= 15 is 0 Å². The molecular weight excluding hydrogens is 361 g/mol. The molecule has 1 saturated heterocycles. The second kappa shape index (κ2) is 7.05. The van der Waals surface area contributed by atoms with Crippen molar-refractivity contribution < 1.29 is 19.1 Å². The van der Waals surface area contributed by atoms with E-state index in [0.717, 1.165) is 0 Å². The lowest BCUT2D eigenvalue weighted by Crippen LogP contribution is -2.33. The van der Waals surface area contributed by atoms with Gasteiger partial charge in [-0.3, -0.25) is 10.1 Å². The Morgan fingerprint density at radius 1 is 1.35 bits per heavy atom. The van der Waals surface area contributed by atoms with Crippen molar-refractivity contribution >= 4 is 40.9 Å². The molecule has 2 aromatic rings. The first-order valence-corrected chi connectivity index (χ1v) is 8.61. The van der Waals surface area contributed by atoms with Gasteiger partial charge >= 0.3 is 5.97 Å². The van der Waals surface area contributed by atoms with E-state index in [-0.39, 0.29) is 12.0 Å². The summed E-state index contributed by atoms with van der Waals surface area (Å²) in [6, 6.07) is 8.17. The Labute approximate surface area is 146 Å². The number of rotatable bonds is 5. The standard InChI is InChI=1S/C15H13Cl2NO4S/c16-9-2-1-3-10(17)13(9)21-6-8-4-5-12(22-8)14-18-11(7-23-14)15(19)20/h1-5,11,14,18H,6-7H2,(H,19,20). The van der Waals surface area contributed by atoms with Gasteiger partial charge in [-0.15, -0.1) is 11.8 Å². The number of aliphatic carboxylic acids is 1. The third kappa shape index (κ3) is 3.77. The first kappa shape index (κ1) is 16.5. The van der Waals surface area contributed by atoms with Crippen LogP contribution in [0.2, 0.25) is 10.0 Å². The minimum absolute atomic E-state index is 0.172. The minimum Gasteiger partial charge on any atom is -0.483 e. The normalized spacial score (nSPS) is 20.6. The highest BCUT2D eigenvalue weighted by atomic mass is 35.5. The predicted molar refractivity (Wildman–Crippen MR) is 89.3 cm³/mol. The Bertz CT molecular complexity index is 701. The molecule has 122 valence electrons. The zero-order valence-corrected chi connectivity index (χ0v) is 14.1. The van der Waals surface area contributed by atoms with Crippen LogP contribution in [-0.2, 0) is 11.4 Å². The molecule has 23 heavy (non-hydrogen) atoms. The molecule has 0 aliphatic carbocycles. The van der Waals surface area contributed by atoms with Crippen molar-refractivity contribution in [2.75, 3.05) is 5.75 Å². The van der Waals surface area contributed by atoms with E-state index in [2.05, 4.69) is 5.32 Å². The van der Waals surface area contributed by atoms with Crippen molar-refractivity contribution in [2.45, 2.75) is 18.0 Å². The molecule has 0 bridgehead atoms. The molecule has 2 atom stereocenters. The highest BCUT2D eigenvalue weighted by molar-refractivity contribution is 7.99. The number of nitrogens with one attached hydrogen (secondary N) is 1. The van der Waals surface area contributed by atoms with E-state index in [1.807, 2.05) is 6.07 Å². The first-order valence-electron chi connectivity index (χ1n) is 6.80. The maximum absolute atomic E-state index is 11.0. The zero-order chi connectivity index (χ0) is 16.4. The van der Waals surface area contributed by atoms with Gasteiger partial charge < -0.3 is 14.3 Å². The average molecular weight is 374 g/mol. The van der Waals surface area contributed by atoms with Gasteiger partial charge in [0.15, 0.2) is 5.75 Å². The summed E-state index contributed by atoms with van der Waals surface area (Å²) in [6.07, 6.45) is 0. The van der Waals surface area contributed by atoms with Crippen LogP contribution < -0.4 is 10.1 Å². The summed E-state index contributed by atoms with van der Waals surface area (Å²) in [7, 11) is 0. The number of thioether (sulfide) groups is 1. The number of ether oxygens (including phenoxy) is 1. The van der Waals surface area contributed by atoms with E-state index in [1.165, 1.54) is 11.8 Å². The fourth-order valence-corrected chi connectivity index (χ4v) is 3.84. The highest BCUT2D eigenvalue weighted by Gasteiger charge is 2.32. The Hall–Kier alpha value is -1.34. The van der Waals surface area contributed by atoms with Crippen molar-refractivity contribution in [2.24, 2.45) is 0 Å². The van der Waals surface area contributed by atoms with Gasteiger partial charge in [-0.05, 0) is 24.3 Å². The predicted octanol–water partition coefficient (Wildman–Crippen LogP) is 3.95. The number of halogens is 2. The third-order valence-corrected chi connectivity index (χ3v) is 5.12. The molecule has 2 heterocycles. The van der Waals surface area contributed by atoms with Crippen molar-refractivity contribution in [3.05, 3.63) is 51.9 Å². The molecule has 1 aliphatic rings. The quantitative estimate of drug-likeness (QED) is 0.826. The molecule has 0 spiro atoms. The van der Waals surface area contributed by atoms with Crippen LogP contribution in [0.5, 0.6) is 5.75 Å². The molecule has 3 rings (SSSR count). The molecule has 1 aromatic carbocycles. The van der Waals surface area contributed by atoms with Crippen molar-refractivity contribution in [3.63, 3.8) is 0 Å². The summed E-state index contributed by atoms with van der Waals surface area (Å²) in [5.74, 6) is 1.33. The molecule has 1 aromatic heterocycles. The van der Waals surface area contributed by atoms with Crippen LogP contribution in [0.15, 0.2) is 34.7 Å². The molecule has 1 fully saturated rings. The van der Waals surface area contributed by atoms with Crippen molar-refractivity contribution in [3.8, 4) is 5.75 Å². The lowest BCUT2D eigenvalue weighted by atomic mass is 10.3. The molecule has 5 nitrogen and oxygen atoms in total. The van der Waals surface area contributed by atoms with Gasteiger partial charge in [-0.1, -0.05) is 29.3 Å². The first-order chi connectivity index (χ1) is 11.0. The molecule has 8 heteroatoms. The van der Waals surface area contributed by atoms with Gasteiger partial charge in [0.05, 0.1) is 10.0 Å². The maximum atomic E-state index is 11.0. The number of hydrogen-bond donors (Lipinski definition) is 2. The number of para-hydroxylation sites is 1. The number of carboxylic acids is 1. The van der Waals surface area contributed by atoms with E-state index in [1.54, 1.807) is 24.3 Å². The smallest absolute Gasteiger partial charge is 0.321 e. The molecular formula is C15H13Cl2NO4S. The molecule has 0 radical (unpaired) electrons. The largest absolute Gasteiger partial charge is 0.483 e. The highest BCUT2D eigenvalue weighted by Crippen LogP contribution is 2.35. The number of hydrogen-bond acceptors (Lipinski definition) is 5. The Kier molecular flexibility index (Phi) is 5.06. The molecule has 0 amide bonds. The Morgan fingerprint density at radius 3 is 2.74 bits per heavy atom. The van der Waals surface area contributed by atoms with Gasteiger partial charge in [-0.25, -0.2) is 0 Å². The topological polar surface area (TPSA) is 71.7 Å². The molecule has 2 N–H and O–H groups in total. The fraction of sp³-hybridized carbons (Fsp3) is 0.267. The van der Waals surface area contributed by atoms with Crippen LogP contribution >= 0.6 is 35.0 Å². The van der Waals surface area contributed by atoms with Gasteiger partial charge in [0.25, 0.3) is 0 Å². The maximum Gasteiger partial charge on any atom is 0.321 e. The Balaban J connectivity index is 1.63. The van der Waals surface area contributed by atoms with Crippen LogP contribution in [0.1, 0.15) is 16.9 Å². The summed E-state index contributed by atoms with van der Waals surface area (Å²) in [6.45, 7) is 0.184. The van der Waals surface area contributed by atoms with Crippen molar-refractivity contribution in [1.82, 2.24) is 5.32 Å². The van der Waals surface area contributed by atoms with Gasteiger partial charge in [0.2, 0.25) is 0 Å². The summed E-state index contributed by atoms with van der Waals surface area (Å²) >= 11 is 13.6. The van der Waals surface area contributed by atoms with Crippen LogP contribution in [0.4, 0.5) is 0 Å². The molecule has 2 unspecified atom stereocenters. The van der Waals surface area contributed by atoms with Crippen LogP contribution in [0.25, 0.3) is 0 Å². The number of carbonyl (C=O) groups is 1. The second-order valence-corrected chi connectivity index (χ2v) is 6.87. The minimum atomic E-state index is -0.858. The molecule has 1 aliphatic heterocycles.